The number of hydrogen-bond donors (Lipinski definition) is 2. The van der Waals surface area contributed by atoms with E-state index in [0.717, 1.165) is 18.3 Å². The SMILES string of the molecule is CCOC(=O)C[C@H](NC(=O)C(c1cccc(Br)c1)n1cc(CCN2CC(F)C2)c(C(F)(F)F)cc1=O)c1cc(-c2c(C)cc(Cl)cc2O)cc(C(F)(F)F)c1F. The molecule has 4 aromatic rings. The van der Waals surface area contributed by atoms with Crippen LogP contribution in [0.5, 0.6) is 5.75 Å². The van der Waals surface area contributed by atoms with Crippen LogP contribution in [0.1, 0.15) is 58.8 Å². The Morgan fingerprint density at radius 1 is 1.04 bits per heavy atom. The molecule has 3 aromatic carbocycles. The number of aromatic nitrogens is 1. The average molecular weight is 879 g/mol. The molecule has 2 heterocycles. The number of phenols is 1. The maximum atomic E-state index is 16.1. The Morgan fingerprint density at radius 3 is 2.30 bits per heavy atom. The number of carbonyl (C=O) groups excluding carboxylic acids is 2. The number of likely N-dealkylation sites (tertiary alicyclic amines) is 1. The molecule has 8 nitrogen and oxygen atoms in total. The zero-order chi connectivity index (χ0) is 41.3. The highest BCUT2D eigenvalue weighted by atomic mass is 79.9. The molecule has 0 bridgehead atoms. The highest BCUT2D eigenvalue weighted by molar-refractivity contribution is 9.10. The van der Waals surface area contributed by atoms with Crippen LogP contribution in [0.4, 0.5) is 35.1 Å². The quantitative estimate of drug-likeness (QED) is 0.109. The topological polar surface area (TPSA) is 101 Å². The molecule has 1 aliphatic rings. The Labute approximate surface area is 328 Å². The molecule has 1 saturated heterocycles. The number of halogens is 10. The number of phenolic OH excluding ortho intramolecular Hbond substituents is 1. The monoisotopic (exact) mass is 877 g/mol. The fourth-order valence-corrected chi connectivity index (χ4v) is 7.25. The van der Waals surface area contributed by atoms with Gasteiger partial charge >= 0.3 is 18.3 Å². The molecule has 2 atom stereocenters. The summed E-state index contributed by atoms with van der Waals surface area (Å²) < 4.78 is 122. The lowest BCUT2D eigenvalue weighted by atomic mass is 9.91. The van der Waals surface area contributed by atoms with E-state index in [1.165, 1.54) is 38.1 Å². The minimum atomic E-state index is -5.33. The number of alkyl halides is 7. The summed E-state index contributed by atoms with van der Waals surface area (Å²) >= 11 is 9.26. The van der Waals surface area contributed by atoms with Crippen molar-refractivity contribution in [3.05, 3.63) is 120 Å². The molecular weight excluding hydrogens is 846 g/mol. The summed E-state index contributed by atoms with van der Waals surface area (Å²) in [7, 11) is 0. The van der Waals surface area contributed by atoms with Crippen LogP contribution in [0.25, 0.3) is 11.1 Å². The molecule has 56 heavy (non-hydrogen) atoms. The van der Waals surface area contributed by atoms with E-state index in [1.54, 1.807) is 11.0 Å². The Morgan fingerprint density at radius 2 is 1.71 bits per heavy atom. The van der Waals surface area contributed by atoms with E-state index in [-0.39, 0.29) is 59.9 Å². The molecule has 2 N–H and O–H groups in total. The second kappa shape index (κ2) is 16.9. The van der Waals surface area contributed by atoms with Crippen LogP contribution in [0, 0.1) is 12.7 Å². The van der Waals surface area contributed by atoms with Gasteiger partial charge in [-0.25, -0.2) is 8.78 Å². The van der Waals surface area contributed by atoms with Gasteiger partial charge in [-0.3, -0.25) is 23.9 Å². The number of benzene rings is 3. The molecule has 0 aliphatic carbocycles. The van der Waals surface area contributed by atoms with Crippen molar-refractivity contribution in [2.24, 2.45) is 0 Å². The van der Waals surface area contributed by atoms with Gasteiger partial charge in [-0.1, -0.05) is 39.7 Å². The zero-order valence-electron chi connectivity index (χ0n) is 29.5. The van der Waals surface area contributed by atoms with Crippen LogP contribution in [0.2, 0.25) is 5.02 Å². The molecule has 0 spiro atoms. The number of carbonyl (C=O) groups is 2. The van der Waals surface area contributed by atoms with E-state index in [9.17, 15) is 50.2 Å². The lowest BCUT2D eigenvalue weighted by Crippen LogP contribution is -2.49. The minimum absolute atomic E-state index is 0.00304. The fourth-order valence-electron chi connectivity index (χ4n) is 6.57. The number of esters is 1. The minimum Gasteiger partial charge on any atom is -0.507 e. The number of aryl methyl sites for hydroxylation is 1. The second-order valence-electron chi connectivity index (χ2n) is 13.1. The summed E-state index contributed by atoms with van der Waals surface area (Å²) in [6.07, 6.45) is -11.9. The molecule has 1 fully saturated rings. The van der Waals surface area contributed by atoms with Crippen molar-refractivity contribution in [1.29, 1.82) is 0 Å². The first kappa shape index (κ1) is 42.7. The molecule has 5 rings (SSSR count). The number of hydrogen-bond acceptors (Lipinski definition) is 6. The Balaban J connectivity index is 1.68. The van der Waals surface area contributed by atoms with Gasteiger partial charge < -0.3 is 15.2 Å². The van der Waals surface area contributed by atoms with E-state index in [1.807, 2.05) is 0 Å². The molecule has 1 unspecified atom stereocenters. The third kappa shape index (κ3) is 9.72. The van der Waals surface area contributed by atoms with Gasteiger partial charge in [0.15, 0.2) is 0 Å². The molecule has 0 saturated carbocycles. The summed E-state index contributed by atoms with van der Waals surface area (Å²) in [5.74, 6) is -4.73. The van der Waals surface area contributed by atoms with Gasteiger partial charge in [0.25, 0.3) is 5.56 Å². The van der Waals surface area contributed by atoms with Crippen LogP contribution in [0.15, 0.2) is 70.1 Å². The van der Waals surface area contributed by atoms with E-state index >= 15 is 4.39 Å². The van der Waals surface area contributed by atoms with Crippen molar-refractivity contribution in [3.8, 4) is 16.9 Å². The highest BCUT2D eigenvalue weighted by Gasteiger charge is 2.40. The highest BCUT2D eigenvalue weighted by Crippen LogP contribution is 2.42. The summed E-state index contributed by atoms with van der Waals surface area (Å²) in [5, 5.41) is 13.1. The van der Waals surface area contributed by atoms with Crippen molar-refractivity contribution in [2.75, 3.05) is 26.2 Å². The standard InChI is InChI=1S/C38H33BrClF8N3O5/c1-3-56-32(54)15-29(26-11-22(12-28(34(26)42)38(46,47)48)33-19(2)9-24(40)13-30(33)52)49-36(55)35(20-5-4-6-23(39)10-20)51-16-21(7-8-50-17-25(41)18-50)27(14-31(51)53)37(43,44)45/h4-6,9-14,16,25,29,35,52H,3,7-8,15,17-18H2,1-2H3,(H,49,55)/t29-,35?/m0/s1. The lowest BCUT2D eigenvalue weighted by Gasteiger charge is -2.34. The normalized spacial score (nSPS) is 14.9. The maximum Gasteiger partial charge on any atom is 0.419 e. The van der Waals surface area contributed by atoms with Gasteiger partial charge in [0.1, 0.15) is 23.8 Å². The van der Waals surface area contributed by atoms with Crippen molar-refractivity contribution in [1.82, 2.24) is 14.8 Å². The van der Waals surface area contributed by atoms with Crippen molar-refractivity contribution in [2.45, 2.75) is 57.3 Å². The van der Waals surface area contributed by atoms with E-state index < -0.39 is 88.3 Å². The van der Waals surface area contributed by atoms with Gasteiger partial charge in [-0.05, 0) is 78.9 Å². The van der Waals surface area contributed by atoms with Crippen molar-refractivity contribution < 1.29 is 54.6 Å². The number of nitrogens with zero attached hydrogens (tertiary/aromatic N) is 2. The van der Waals surface area contributed by atoms with Gasteiger partial charge in [0.05, 0.1) is 30.2 Å². The van der Waals surface area contributed by atoms with Crippen LogP contribution in [0.3, 0.4) is 0 Å². The van der Waals surface area contributed by atoms with Crippen LogP contribution in [-0.2, 0) is 33.1 Å². The second-order valence-corrected chi connectivity index (χ2v) is 14.5. The van der Waals surface area contributed by atoms with Crippen LogP contribution in [-0.4, -0.2) is 58.9 Å². The summed E-state index contributed by atoms with van der Waals surface area (Å²) in [6.45, 7) is 2.62. The van der Waals surface area contributed by atoms with Crippen LogP contribution < -0.4 is 10.9 Å². The van der Waals surface area contributed by atoms with E-state index in [4.69, 9.17) is 16.3 Å². The predicted molar refractivity (Wildman–Crippen MR) is 193 cm³/mol. The predicted octanol–water partition coefficient (Wildman–Crippen LogP) is 8.72. The van der Waals surface area contributed by atoms with Gasteiger partial charge in [0, 0.05) is 52.5 Å². The number of pyridine rings is 1. The van der Waals surface area contributed by atoms with Crippen molar-refractivity contribution >= 4 is 39.4 Å². The molecule has 1 amide bonds. The first-order valence-electron chi connectivity index (χ1n) is 17.0. The van der Waals surface area contributed by atoms with Crippen LogP contribution >= 0.6 is 27.5 Å². The Bertz CT molecular complexity index is 2170. The van der Waals surface area contributed by atoms with Gasteiger partial charge in [-0.2, -0.15) is 26.3 Å². The number of ether oxygens (including phenoxy) is 1. The smallest absolute Gasteiger partial charge is 0.419 e. The Hall–Kier alpha value is -4.48. The first-order chi connectivity index (χ1) is 26.2. The fraction of sp³-hybridized carbons (Fsp3) is 0.342. The summed E-state index contributed by atoms with van der Waals surface area (Å²) in [6, 6.07) is 5.99. The summed E-state index contributed by atoms with van der Waals surface area (Å²) in [4.78, 5) is 42.4. The average Bonchev–Trinajstić information content (AvgIpc) is 3.06. The zero-order valence-corrected chi connectivity index (χ0v) is 31.8. The third-order valence-electron chi connectivity index (χ3n) is 9.11. The van der Waals surface area contributed by atoms with E-state index in [0.29, 0.717) is 21.2 Å². The number of amides is 1. The molecule has 1 aliphatic heterocycles. The lowest BCUT2D eigenvalue weighted by molar-refractivity contribution is -0.144. The number of rotatable bonds is 12. The number of aromatic hydroxyl groups is 1. The van der Waals surface area contributed by atoms with Gasteiger partial charge in [0.2, 0.25) is 5.91 Å². The first-order valence-corrected chi connectivity index (χ1v) is 18.1. The maximum absolute atomic E-state index is 16.1. The Kier molecular flexibility index (Phi) is 12.9. The van der Waals surface area contributed by atoms with Crippen molar-refractivity contribution in [3.63, 3.8) is 0 Å². The molecule has 300 valence electrons. The third-order valence-corrected chi connectivity index (χ3v) is 9.82. The molecule has 0 radical (unpaired) electrons. The van der Waals surface area contributed by atoms with E-state index in [2.05, 4.69) is 21.2 Å². The molecule has 18 heteroatoms. The molecule has 1 aromatic heterocycles. The largest absolute Gasteiger partial charge is 0.507 e. The molecular formula is C38H33BrClF8N3O5. The summed E-state index contributed by atoms with van der Waals surface area (Å²) in [5.41, 5.74) is -6.00. The van der Waals surface area contributed by atoms with Gasteiger partial charge in [-0.15, -0.1) is 0 Å². The number of nitrogens with one attached hydrogen (secondary N) is 1.